The molecular formula is C21H20Cl3N3O2. The van der Waals surface area contributed by atoms with Crippen LogP contribution >= 0.6 is 34.8 Å². The summed E-state index contributed by atoms with van der Waals surface area (Å²) in [4.78, 5) is 15.1. The van der Waals surface area contributed by atoms with Gasteiger partial charge in [-0.25, -0.2) is 0 Å². The van der Waals surface area contributed by atoms with Crippen molar-refractivity contribution in [2.45, 2.75) is 20.8 Å². The van der Waals surface area contributed by atoms with Crippen LogP contribution in [-0.2, 0) is 0 Å². The minimum absolute atomic E-state index is 0.268. The third kappa shape index (κ3) is 4.37. The zero-order valence-electron chi connectivity index (χ0n) is 16.2. The summed E-state index contributed by atoms with van der Waals surface area (Å²) < 4.78 is 5.26. The van der Waals surface area contributed by atoms with Crippen molar-refractivity contribution >= 4 is 52.1 Å². The monoisotopic (exact) mass is 451 g/mol. The fourth-order valence-corrected chi connectivity index (χ4v) is 4.01. The van der Waals surface area contributed by atoms with Crippen LogP contribution in [0.1, 0.15) is 30.0 Å². The number of nitrogens with one attached hydrogen (secondary N) is 1. The van der Waals surface area contributed by atoms with Crippen molar-refractivity contribution in [3.8, 4) is 11.3 Å². The highest BCUT2D eigenvalue weighted by atomic mass is 35.5. The van der Waals surface area contributed by atoms with Crippen LogP contribution in [0.2, 0.25) is 15.1 Å². The maximum atomic E-state index is 13.0. The molecule has 0 aliphatic heterocycles. The van der Waals surface area contributed by atoms with Gasteiger partial charge >= 0.3 is 0 Å². The first-order valence-corrected chi connectivity index (χ1v) is 10.3. The van der Waals surface area contributed by atoms with Crippen molar-refractivity contribution in [3.05, 3.63) is 62.8 Å². The first kappa shape index (κ1) is 21.5. The van der Waals surface area contributed by atoms with E-state index in [4.69, 9.17) is 39.3 Å². The molecule has 0 aliphatic carbocycles. The Labute approximate surface area is 184 Å². The Balaban J connectivity index is 1.93. The molecule has 0 spiro atoms. The number of aryl methyl sites for hydroxylation is 1. The van der Waals surface area contributed by atoms with Crippen LogP contribution in [0.4, 0.5) is 11.4 Å². The van der Waals surface area contributed by atoms with Crippen molar-refractivity contribution in [2.75, 3.05) is 23.3 Å². The summed E-state index contributed by atoms with van der Waals surface area (Å²) in [6, 6.07) is 10.5. The summed E-state index contributed by atoms with van der Waals surface area (Å²) in [5, 5.41) is 8.18. The Morgan fingerprint density at radius 1 is 1.07 bits per heavy atom. The Kier molecular flexibility index (Phi) is 6.73. The van der Waals surface area contributed by atoms with E-state index in [-0.39, 0.29) is 11.5 Å². The predicted molar refractivity (Wildman–Crippen MR) is 120 cm³/mol. The fourth-order valence-electron chi connectivity index (χ4n) is 3.13. The van der Waals surface area contributed by atoms with Gasteiger partial charge in [-0.2, -0.15) is 0 Å². The van der Waals surface area contributed by atoms with Gasteiger partial charge in [0.15, 0.2) is 0 Å². The maximum Gasteiger partial charge on any atom is 0.261 e. The molecule has 0 saturated heterocycles. The van der Waals surface area contributed by atoms with Gasteiger partial charge < -0.3 is 14.7 Å². The number of hydrogen-bond acceptors (Lipinski definition) is 4. The van der Waals surface area contributed by atoms with E-state index in [2.05, 4.69) is 29.2 Å². The summed E-state index contributed by atoms with van der Waals surface area (Å²) >= 11 is 19.0. The minimum atomic E-state index is -0.388. The highest BCUT2D eigenvalue weighted by Crippen LogP contribution is 2.37. The normalized spacial score (nSPS) is 10.8. The highest BCUT2D eigenvalue weighted by molar-refractivity contribution is 6.39. The molecule has 1 aromatic heterocycles. The van der Waals surface area contributed by atoms with E-state index in [1.807, 2.05) is 12.1 Å². The molecule has 1 amide bonds. The SMILES string of the molecule is CCN(CC)c1ccc(NC(=O)c2c(-c3c(Cl)cccc3Cl)noc2C)cc1Cl. The number of hydrogen-bond donors (Lipinski definition) is 1. The Bertz CT molecular complexity index is 1030. The average Bonchev–Trinajstić information content (AvgIpc) is 3.05. The molecule has 2 aromatic carbocycles. The number of carbonyl (C=O) groups excluding carboxylic acids is 1. The fraction of sp³-hybridized carbons (Fsp3) is 0.238. The molecule has 1 heterocycles. The van der Waals surface area contributed by atoms with E-state index in [1.54, 1.807) is 31.2 Å². The van der Waals surface area contributed by atoms with Gasteiger partial charge in [-0.05, 0) is 51.1 Å². The van der Waals surface area contributed by atoms with Gasteiger partial charge in [-0.1, -0.05) is 46.0 Å². The number of halogens is 3. The third-order valence-electron chi connectivity index (χ3n) is 4.60. The van der Waals surface area contributed by atoms with E-state index >= 15 is 0 Å². The smallest absolute Gasteiger partial charge is 0.261 e. The van der Waals surface area contributed by atoms with Crippen molar-refractivity contribution in [1.82, 2.24) is 5.16 Å². The largest absolute Gasteiger partial charge is 0.371 e. The lowest BCUT2D eigenvalue weighted by Crippen LogP contribution is -2.22. The molecule has 0 bridgehead atoms. The van der Waals surface area contributed by atoms with E-state index in [1.165, 1.54) is 0 Å². The van der Waals surface area contributed by atoms with Crippen LogP contribution in [0.5, 0.6) is 0 Å². The van der Waals surface area contributed by atoms with Gasteiger partial charge in [-0.3, -0.25) is 4.79 Å². The summed E-state index contributed by atoms with van der Waals surface area (Å²) in [5.74, 6) is -0.0271. The van der Waals surface area contributed by atoms with E-state index in [0.717, 1.165) is 18.8 Å². The number of rotatable bonds is 6. The molecule has 3 aromatic rings. The van der Waals surface area contributed by atoms with Gasteiger partial charge in [0.05, 0.1) is 20.8 Å². The van der Waals surface area contributed by atoms with Crippen LogP contribution in [0.3, 0.4) is 0 Å². The molecule has 152 valence electrons. The zero-order chi connectivity index (χ0) is 21.1. The van der Waals surface area contributed by atoms with Gasteiger partial charge in [0, 0.05) is 24.3 Å². The third-order valence-corrected chi connectivity index (χ3v) is 5.53. The minimum Gasteiger partial charge on any atom is -0.371 e. The quantitative estimate of drug-likeness (QED) is 0.451. The molecule has 0 fully saturated rings. The second-order valence-electron chi connectivity index (χ2n) is 6.35. The van der Waals surface area contributed by atoms with Crippen LogP contribution in [-0.4, -0.2) is 24.2 Å². The molecule has 0 unspecified atom stereocenters. The number of benzene rings is 2. The molecule has 0 saturated carbocycles. The van der Waals surface area contributed by atoms with Gasteiger partial charge in [-0.15, -0.1) is 0 Å². The second kappa shape index (κ2) is 9.08. The van der Waals surface area contributed by atoms with Gasteiger partial charge in [0.1, 0.15) is 17.0 Å². The average molecular weight is 453 g/mol. The first-order chi connectivity index (χ1) is 13.9. The van der Waals surface area contributed by atoms with E-state index in [0.29, 0.717) is 37.8 Å². The summed E-state index contributed by atoms with van der Waals surface area (Å²) in [6.07, 6.45) is 0. The predicted octanol–water partition coefficient (Wildman–Crippen LogP) is 6.71. The van der Waals surface area contributed by atoms with Gasteiger partial charge in [0.2, 0.25) is 0 Å². The molecule has 8 heteroatoms. The van der Waals surface area contributed by atoms with E-state index < -0.39 is 0 Å². The lowest BCUT2D eigenvalue weighted by Gasteiger charge is -2.22. The van der Waals surface area contributed by atoms with Crippen LogP contribution in [0, 0.1) is 6.92 Å². The van der Waals surface area contributed by atoms with E-state index in [9.17, 15) is 4.79 Å². The zero-order valence-corrected chi connectivity index (χ0v) is 18.5. The molecule has 5 nitrogen and oxygen atoms in total. The molecule has 0 radical (unpaired) electrons. The molecule has 0 aliphatic rings. The Morgan fingerprint density at radius 3 is 2.31 bits per heavy atom. The van der Waals surface area contributed by atoms with Crippen LogP contribution < -0.4 is 10.2 Å². The van der Waals surface area contributed by atoms with Crippen molar-refractivity contribution in [1.29, 1.82) is 0 Å². The van der Waals surface area contributed by atoms with Gasteiger partial charge in [0.25, 0.3) is 5.91 Å². The summed E-state index contributed by atoms with van der Waals surface area (Å²) in [7, 11) is 0. The van der Waals surface area contributed by atoms with Crippen LogP contribution in [0.15, 0.2) is 40.9 Å². The first-order valence-electron chi connectivity index (χ1n) is 9.13. The molecule has 29 heavy (non-hydrogen) atoms. The topological polar surface area (TPSA) is 58.4 Å². The number of carbonyl (C=O) groups is 1. The maximum absolute atomic E-state index is 13.0. The number of amides is 1. The van der Waals surface area contributed by atoms with Crippen LogP contribution in [0.25, 0.3) is 11.3 Å². The van der Waals surface area contributed by atoms with Crippen molar-refractivity contribution < 1.29 is 9.32 Å². The second-order valence-corrected chi connectivity index (χ2v) is 7.57. The lowest BCUT2D eigenvalue weighted by molar-refractivity contribution is 0.102. The standard InChI is InChI=1S/C21H20Cl3N3O2/c1-4-27(5-2)17-10-9-13(11-16(17)24)25-21(28)18-12(3)29-26-20(18)19-14(22)7-6-8-15(19)23/h6-11H,4-5H2,1-3H3,(H,25,28). The molecule has 3 rings (SSSR count). The number of aromatic nitrogens is 1. The summed E-state index contributed by atoms with van der Waals surface area (Å²) in [6.45, 7) is 7.46. The summed E-state index contributed by atoms with van der Waals surface area (Å²) in [5.41, 5.74) is 2.49. The molecule has 0 atom stereocenters. The molecular weight excluding hydrogens is 433 g/mol. The highest BCUT2D eigenvalue weighted by Gasteiger charge is 2.25. The lowest BCUT2D eigenvalue weighted by atomic mass is 10.1. The molecule has 1 N–H and O–H groups in total. The number of nitrogens with zero attached hydrogens (tertiary/aromatic N) is 2. The van der Waals surface area contributed by atoms with Crippen molar-refractivity contribution in [3.63, 3.8) is 0 Å². The Morgan fingerprint density at radius 2 is 1.72 bits per heavy atom. The van der Waals surface area contributed by atoms with Crippen molar-refractivity contribution in [2.24, 2.45) is 0 Å². The number of anilines is 2. The Hall–Kier alpha value is -2.21.